The zero-order valence-corrected chi connectivity index (χ0v) is 19.2. The lowest BCUT2D eigenvalue weighted by Crippen LogP contribution is -2.48. The van der Waals surface area contributed by atoms with Crippen LogP contribution in [-0.4, -0.2) is 35.7 Å². The van der Waals surface area contributed by atoms with Crippen LogP contribution < -0.4 is 9.57 Å². The zero-order valence-electron chi connectivity index (χ0n) is 17.5. The molecule has 0 saturated heterocycles. The molecular weight excluding hydrogens is 430 g/mol. The lowest BCUT2D eigenvalue weighted by atomic mass is 10.0. The minimum absolute atomic E-state index is 0.0483. The summed E-state index contributed by atoms with van der Waals surface area (Å²) in [4.78, 5) is 31.6. The van der Waals surface area contributed by atoms with Gasteiger partial charge in [0.1, 0.15) is 11.8 Å². The number of rotatable bonds is 11. The Labute approximate surface area is 190 Å². The number of thioether (sulfide) groups is 1. The molecule has 162 valence electrons. The van der Waals surface area contributed by atoms with Crippen molar-refractivity contribution < 1.29 is 19.2 Å². The number of ether oxygens (including phenoxy) is 1. The van der Waals surface area contributed by atoms with Gasteiger partial charge in [0.15, 0.2) is 11.5 Å². The Hall–Kier alpha value is -2.77. The number of nitrogens with zero attached hydrogens (tertiary/aromatic N) is 1. The molecule has 0 unspecified atom stereocenters. The highest BCUT2D eigenvalue weighted by Gasteiger charge is 2.30. The number of methoxy groups -OCH3 is 1. The third-order valence-electron chi connectivity index (χ3n) is 4.59. The first-order valence-electron chi connectivity index (χ1n) is 9.84. The molecule has 3 rings (SSSR count). The van der Waals surface area contributed by atoms with E-state index >= 15 is 0 Å². The largest absolute Gasteiger partial charge is 0.497 e. The molecule has 1 amide bonds. The van der Waals surface area contributed by atoms with Gasteiger partial charge in [-0.05, 0) is 52.2 Å². The van der Waals surface area contributed by atoms with Gasteiger partial charge in [-0.2, -0.15) is 16.4 Å². The standard InChI is InChI=1S/C24H25NO4S2/c1-18(26)25(29-22-10-8-21(28-2)9-11-22)23(14-19-6-4-3-5-7-19)24(27)17-31-16-20-12-13-30-15-20/h3-13,15,23H,14,16-17H2,1-2H3/t23-/m0/s1. The van der Waals surface area contributed by atoms with Crippen LogP contribution in [0.2, 0.25) is 0 Å². The molecule has 0 fully saturated rings. The van der Waals surface area contributed by atoms with Gasteiger partial charge in [0.25, 0.3) is 5.91 Å². The Balaban J connectivity index is 1.76. The van der Waals surface area contributed by atoms with Gasteiger partial charge in [-0.25, -0.2) is 0 Å². The van der Waals surface area contributed by atoms with E-state index in [1.165, 1.54) is 17.6 Å². The predicted molar refractivity (Wildman–Crippen MR) is 126 cm³/mol. The summed E-state index contributed by atoms with van der Waals surface area (Å²) in [5.41, 5.74) is 2.16. The zero-order chi connectivity index (χ0) is 22.1. The van der Waals surface area contributed by atoms with E-state index in [-0.39, 0.29) is 11.7 Å². The van der Waals surface area contributed by atoms with Crippen molar-refractivity contribution in [2.24, 2.45) is 0 Å². The topological polar surface area (TPSA) is 55.8 Å². The Morgan fingerprint density at radius 1 is 1.00 bits per heavy atom. The van der Waals surface area contributed by atoms with Crippen LogP contribution in [0.3, 0.4) is 0 Å². The summed E-state index contributed by atoms with van der Waals surface area (Å²) in [5.74, 6) is 1.83. The maximum Gasteiger partial charge on any atom is 0.252 e. The van der Waals surface area contributed by atoms with Crippen LogP contribution in [0.15, 0.2) is 71.4 Å². The molecule has 2 aromatic carbocycles. The number of benzene rings is 2. The summed E-state index contributed by atoms with van der Waals surface area (Å²) in [7, 11) is 1.58. The number of carbonyl (C=O) groups is 2. The summed E-state index contributed by atoms with van der Waals surface area (Å²) in [5, 5.41) is 5.30. The van der Waals surface area contributed by atoms with Crippen molar-refractivity contribution in [2.45, 2.75) is 25.1 Å². The number of hydrogen-bond acceptors (Lipinski definition) is 6. The van der Waals surface area contributed by atoms with E-state index in [0.29, 0.717) is 23.7 Å². The van der Waals surface area contributed by atoms with Gasteiger partial charge in [0.05, 0.1) is 12.9 Å². The van der Waals surface area contributed by atoms with Gasteiger partial charge in [-0.15, -0.1) is 11.8 Å². The molecule has 0 saturated carbocycles. The highest BCUT2D eigenvalue weighted by Crippen LogP contribution is 2.22. The van der Waals surface area contributed by atoms with E-state index in [4.69, 9.17) is 9.57 Å². The minimum Gasteiger partial charge on any atom is -0.497 e. The molecule has 31 heavy (non-hydrogen) atoms. The van der Waals surface area contributed by atoms with Crippen LogP contribution in [0.1, 0.15) is 18.1 Å². The Kier molecular flexibility index (Phi) is 8.55. The molecule has 7 heteroatoms. The highest BCUT2D eigenvalue weighted by atomic mass is 32.2. The highest BCUT2D eigenvalue weighted by molar-refractivity contribution is 7.99. The molecule has 0 aliphatic heterocycles. The van der Waals surface area contributed by atoms with Gasteiger partial charge in [0.2, 0.25) is 0 Å². The number of ketones is 1. The smallest absolute Gasteiger partial charge is 0.252 e. The average Bonchev–Trinajstić information content (AvgIpc) is 3.30. The van der Waals surface area contributed by atoms with Crippen molar-refractivity contribution in [3.63, 3.8) is 0 Å². The Bertz CT molecular complexity index is 959. The second-order valence-electron chi connectivity index (χ2n) is 6.91. The molecule has 0 bridgehead atoms. The maximum absolute atomic E-state index is 13.2. The van der Waals surface area contributed by atoms with Crippen molar-refractivity contribution in [3.05, 3.63) is 82.6 Å². The lowest BCUT2D eigenvalue weighted by Gasteiger charge is -2.29. The first-order valence-corrected chi connectivity index (χ1v) is 11.9. The van der Waals surface area contributed by atoms with Crippen molar-refractivity contribution in [3.8, 4) is 11.5 Å². The summed E-state index contributed by atoms with van der Waals surface area (Å²) >= 11 is 3.18. The van der Waals surface area contributed by atoms with Gasteiger partial charge < -0.3 is 9.57 Å². The number of Topliss-reactive ketones (excluding diaryl/α,β-unsaturated/α-hetero) is 1. The first kappa shape index (κ1) is 22.9. The fourth-order valence-corrected chi connectivity index (χ4v) is 4.69. The SMILES string of the molecule is COc1ccc(ON(C(C)=O)[C@@H](Cc2ccccc2)C(=O)CSCc2ccsc2)cc1. The summed E-state index contributed by atoms with van der Waals surface area (Å²) in [6.07, 6.45) is 0.383. The fraction of sp³-hybridized carbons (Fsp3) is 0.250. The van der Waals surface area contributed by atoms with Gasteiger partial charge in [-0.1, -0.05) is 30.3 Å². The van der Waals surface area contributed by atoms with Crippen LogP contribution in [0.5, 0.6) is 11.5 Å². The summed E-state index contributed by atoms with van der Waals surface area (Å²) in [6, 6.07) is 17.9. The van der Waals surface area contributed by atoms with Crippen LogP contribution in [0, 0.1) is 0 Å². The number of amides is 1. The summed E-state index contributed by atoms with van der Waals surface area (Å²) < 4.78 is 5.17. The maximum atomic E-state index is 13.2. The number of carbonyl (C=O) groups excluding carboxylic acids is 2. The van der Waals surface area contributed by atoms with Crippen LogP contribution in [0.4, 0.5) is 0 Å². The predicted octanol–water partition coefficient (Wildman–Crippen LogP) is 5.01. The van der Waals surface area contributed by atoms with Gasteiger partial charge in [-0.3, -0.25) is 9.59 Å². The fourth-order valence-electron chi connectivity index (χ4n) is 3.00. The molecule has 0 N–H and O–H groups in total. The Morgan fingerprint density at radius 3 is 2.32 bits per heavy atom. The second-order valence-corrected chi connectivity index (χ2v) is 8.67. The van der Waals surface area contributed by atoms with E-state index < -0.39 is 6.04 Å². The van der Waals surface area contributed by atoms with E-state index in [1.807, 2.05) is 35.7 Å². The normalized spacial score (nSPS) is 11.5. The van der Waals surface area contributed by atoms with Crippen molar-refractivity contribution >= 4 is 34.8 Å². The third-order valence-corrected chi connectivity index (χ3v) is 6.35. The molecule has 0 spiro atoms. The van der Waals surface area contributed by atoms with E-state index in [1.54, 1.807) is 54.5 Å². The quantitative estimate of drug-likeness (QED) is 0.380. The van der Waals surface area contributed by atoms with Crippen LogP contribution in [0.25, 0.3) is 0 Å². The van der Waals surface area contributed by atoms with Crippen molar-refractivity contribution in [2.75, 3.05) is 12.9 Å². The number of hydrogen-bond donors (Lipinski definition) is 0. The summed E-state index contributed by atoms with van der Waals surface area (Å²) in [6.45, 7) is 1.41. The monoisotopic (exact) mass is 455 g/mol. The molecule has 1 heterocycles. The molecule has 1 atom stereocenters. The van der Waals surface area contributed by atoms with Crippen molar-refractivity contribution in [1.29, 1.82) is 0 Å². The van der Waals surface area contributed by atoms with Gasteiger partial charge >= 0.3 is 0 Å². The molecule has 0 radical (unpaired) electrons. The van der Waals surface area contributed by atoms with E-state index in [2.05, 4.69) is 11.4 Å². The lowest BCUT2D eigenvalue weighted by molar-refractivity contribution is -0.167. The molecular formula is C24H25NO4S2. The molecule has 0 aliphatic carbocycles. The first-order chi connectivity index (χ1) is 15.1. The number of thiophene rings is 1. The molecule has 3 aromatic rings. The molecule has 0 aliphatic rings. The van der Waals surface area contributed by atoms with Gasteiger partial charge in [0, 0.05) is 19.1 Å². The molecule has 1 aromatic heterocycles. The average molecular weight is 456 g/mol. The van der Waals surface area contributed by atoms with Crippen LogP contribution >= 0.6 is 23.1 Å². The minimum atomic E-state index is -0.725. The Morgan fingerprint density at radius 2 is 1.71 bits per heavy atom. The third kappa shape index (κ3) is 6.87. The van der Waals surface area contributed by atoms with Crippen molar-refractivity contribution in [1.82, 2.24) is 5.06 Å². The second kappa shape index (κ2) is 11.6. The van der Waals surface area contributed by atoms with Crippen LogP contribution in [-0.2, 0) is 21.8 Å². The molecule has 5 nitrogen and oxygen atoms in total. The van der Waals surface area contributed by atoms with E-state index in [9.17, 15) is 9.59 Å². The van der Waals surface area contributed by atoms with E-state index in [0.717, 1.165) is 11.3 Å². The number of hydroxylamine groups is 2.